The van der Waals surface area contributed by atoms with Gasteiger partial charge in [-0.1, -0.05) is 0 Å². The summed E-state index contributed by atoms with van der Waals surface area (Å²) in [4.78, 5) is 45.7. The minimum atomic E-state index is -1.00. The number of aliphatic hydroxyl groups is 2. The molecule has 2 aliphatic rings. The van der Waals surface area contributed by atoms with Gasteiger partial charge in [-0.15, -0.1) is 0 Å². The van der Waals surface area contributed by atoms with Gasteiger partial charge in [0.2, 0.25) is 6.79 Å². The van der Waals surface area contributed by atoms with E-state index < -0.39 is 55.7 Å². The van der Waals surface area contributed by atoms with Gasteiger partial charge in [0, 0.05) is 12.8 Å². The van der Waals surface area contributed by atoms with Crippen LogP contribution in [0.5, 0.6) is 0 Å². The van der Waals surface area contributed by atoms with Crippen LogP contribution in [-0.4, -0.2) is 91.7 Å². The van der Waals surface area contributed by atoms with Crippen LogP contribution in [0.2, 0.25) is 0 Å². The molecule has 2 rings (SSSR count). The van der Waals surface area contributed by atoms with Crippen LogP contribution in [0.3, 0.4) is 0 Å². The molecule has 0 radical (unpaired) electrons. The summed E-state index contributed by atoms with van der Waals surface area (Å²) in [6.45, 7) is -0.213. The van der Waals surface area contributed by atoms with Crippen molar-refractivity contribution in [3.63, 3.8) is 0 Å². The number of epoxide rings is 2. The normalized spacial score (nSPS) is 21.4. The zero-order valence-corrected chi connectivity index (χ0v) is 15.7. The Hall–Kier alpha value is -2.28. The molecule has 29 heavy (non-hydrogen) atoms. The summed E-state index contributed by atoms with van der Waals surface area (Å²) in [6, 6.07) is 0. The molecule has 12 nitrogen and oxygen atoms in total. The van der Waals surface area contributed by atoms with Crippen LogP contribution in [0.15, 0.2) is 0 Å². The Morgan fingerprint density at radius 1 is 0.724 bits per heavy atom. The number of aliphatic hydroxyl groups excluding tert-OH is 2. The molecule has 0 aromatic carbocycles. The third-order valence-electron chi connectivity index (χ3n) is 3.77. The molecule has 12 heteroatoms. The van der Waals surface area contributed by atoms with E-state index in [1.54, 1.807) is 0 Å². The highest BCUT2D eigenvalue weighted by Gasteiger charge is 2.27. The van der Waals surface area contributed by atoms with E-state index in [0.29, 0.717) is 26.1 Å². The van der Waals surface area contributed by atoms with Gasteiger partial charge in [-0.05, 0) is 0 Å². The topological polar surface area (TPSA) is 171 Å². The van der Waals surface area contributed by atoms with Gasteiger partial charge in [-0.2, -0.15) is 0 Å². The first kappa shape index (κ1) is 23.0. The molecular formula is C17H24O12. The number of carbonyl (C=O) groups is 4. The molecule has 2 aliphatic heterocycles. The predicted octanol–water partition coefficient (Wildman–Crippen LogP) is -1.80. The van der Waals surface area contributed by atoms with Gasteiger partial charge in [0.25, 0.3) is 0 Å². The summed E-state index contributed by atoms with van der Waals surface area (Å²) in [7, 11) is 0. The van der Waals surface area contributed by atoms with Crippen LogP contribution in [0, 0.1) is 0 Å². The number of hydrogen-bond donors (Lipinski definition) is 2. The van der Waals surface area contributed by atoms with Crippen LogP contribution in [0.1, 0.15) is 25.7 Å². The zero-order chi connectivity index (χ0) is 21.2. The van der Waals surface area contributed by atoms with Gasteiger partial charge in [-0.3, -0.25) is 19.2 Å². The molecule has 2 fully saturated rings. The second-order valence-corrected chi connectivity index (χ2v) is 6.56. The van der Waals surface area contributed by atoms with E-state index in [0.717, 1.165) is 0 Å². The van der Waals surface area contributed by atoms with Gasteiger partial charge in [-0.25, -0.2) is 0 Å². The largest absolute Gasteiger partial charge is 0.462 e. The molecule has 2 saturated heterocycles. The van der Waals surface area contributed by atoms with E-state index in [4.69, 9.17) is 18.9 Å². The molecule has 0 aliphatic carbocycles. The number of esters is 4. The number of carbonyl (C=O) groups excluding carboxylic acids is 4. The van der Waals surface area contributed by atoms with Gasteiger partial charge in [0.05, 0.1) is 37.6 Å². The van der Waals surface area contributed by atoms with Crippen molar-refractivity contribution in [1.29, 1.82) is 0 Å². The summed E-state index contributed by atoms with van der Waals surface area (Å²) in [5.74, 6) is -3.82. The molecule has 0 bridgehead atoms. The molecule has 4 atom stereocenters. The highest BCUT2D eigenvalue weighted by atomic mass is 16.7. The minimum Gasteiger partial charge on any atom is -0.462 e. The van der Waals surface area contributed by atoms with Crippen LogP contribution >= 0.6 is 0 Å². The smallest absolute Gasteiger partial charge is 0.320 e. The van der Waals surface area contributed by atoms with E-state index in [2.05, 4.69) is 9.47 Å². The van der Waals surface area contributed by atoms with Crippen molar-refractivity contribution >= 4 is 23.9 Å². The Kier molecular flexibility index (Phi) is 9.25. The molecule has 0 saturated carbocycles. The maximum Gasteiger partial charge on any atom is 0.320 e. The third-order valence-corrected chi connectivity index (χ3v) is 3.77. The maximum absolute atomic E-state index is 11.4. The average Bonchev–Trinajstić information content (AvgIpc) is 3.55. The van der Waals surface area contributed by atoms with Crippen molar-refractivity contribution in [2.24, 2.45) is 0 Å². The molecule has 4 unspecified atom stereocenters. The lowest BCUT2D eigenvalue weighted by molar-refractivity contribution is -0.171. The quantitative estimate of drug-likeness (QED) is 0.106. The van der Waals surface area contributed by atoms with Crippen molar-refractivity contribution in [2.45, 2.75) is 50.1 Å². The monoisotopic (exact) mass is 420 g/mol. The first-order chi connectivity index (χ1) is 13.8. The van der Waals surface area contributed by atoms with Crippen molar-refractivity contribution in [1.82, 2.24) is 0 Å². The minimum absolute atomic E-state index is 0.0250. The summed E-state index contributed by atoms with van der Waals surface area (Å²) in [5.41, 5.74) is 0. The molecule has 2 N–H and O–H groups in total. The zero-order valence-electron chi connectivity index (χ0n) is 15.7. The highest BCUT2D eigenvalue weighted by molar-refractivity contribution is 5.92. The Morgan fingerprint density at radius 2 is 1.07 bits per heavy atom. The van der Waals surface area contributed by atoms with E-state index in [-0.39, 0.29) is 25.4 Å². The first-order valence-electron chi connectivity index (χ1n) is 9.03. The molecule has 2 heterocycles. The fourth-order valence-electron chi connectivity index (χ4n) is 2.13. The van der Waals surface area contributed by atoms with Crippen molar-refractivity contribution < 1.29 is 57.8 Å². The Labute approximate surface area is 165 Å². The van der Waals surface area contributed by atoms with Crippen LogP contribution < -0.4 is 0 Å². The van der Waals surface area contributed by atoms with E-state index >= 15 is 0 Å². The molecule has 0 aromatic rings. The SMILES string of the molecule is O=C(CC(=O)OCC(O)CC1CO1)OCOC(=O)CC(=O)OCC(O)CC1CO1. The van der Waals surface area contributed by atoms with Gasteiger partial charge in [0.1, 0.15) is 26.1 Å². The fourth-order valence-corrected chi connectivity index (χ4v) is 2.13. The first-order valence-corrected chi connectivity index (χ1v) is 9.03. The Bertz CT molecular complexity index is 533. The summed E-state index contributed by atoms with van der Waals surface area (Å²) in [6.07, 6.45) is -2.60. The van der Waals surface area contributed by atoms with Crippen LogP contribution in [0.25, 0.3) is 0 Å². The van der Waals surface area contributed by atoms with Crippen molar-refractivity contribution in [3.05, 3.63) is 0 Å². The maximum atomic E-state index is 11.4. The second-order valence-electron chi connectivity index (χ2n) is 6.56. The van der Waals surface area contributed by atoms with Crippen LogP contribution in [-0.2, 0) is 47.6 Å². The van der Waals surface area contributed by atoms with E-state index in [9.17, 15) is 29.4 Å². The Balaban J connectivity index is 1.46. The van der Waals surface area contributed by atoms with Gasteiger partial charge in [0.15, 0.2) is 0 Å². The molecule has 164 valence electrons. The summed E-state index contributed by atoms with van der Waals surface area (Å²) < 4.78 is 28.3. The molecule has 0 aromatic heterocycles. The van der Waals surface area contributed by atoms with Gasteiger partial charge >= 0.3 is 23.9 Å². The second kappa shape index (κ2) is 11.7. The van der Waals surface area contributed by atoms with Crippen molar-refractivity contribution in [3.8, 4) is 0 Å². The molecule has 0 amide bonds. The lowest BCUT2D eigenvalue weighted by Gasteiger charge is -2.10. The van der Waals surface area contributed by atoms with Crippen molar-refractivity contribution in [2.75, 3.05) is 33.2 Å². The number of ether oxygens (including phenoxy) is 6. The third kappa shape index (κ3) is 11.3. The van der Waals surface area contributed by atoms with E-state index in [1.165, 1.54) is 0 Å². The number of hydrogen-bond acceptors (Lipinski definition) is 12. The lowest BCUT2D eigenvalue weighted by Crippen LogP contribution is -2.23. The molecular weight excluding hydrogens is 396 g/mol. The Morgan fingerprint density at radius 3 is 1.41 bits per heavy atom. The highest BCUT2D eigenvalue weighted by Crippen LogP contribution is 2.16. The molecule has 0 spiro atoms. The average molecular weight is 420 g/mol. The van der Waals surface area contributed by atoms with Gasteiger partial charge < -0.3 is 38.6 Å². The summed E-state index contributed by atoms with van der Waals surface area (Å²) in [5, 5.41) is 19.1. The number of rotatable bonds is 14. The standard InChI is InChI=1S/C17H24O12/c18-10(1-12-7-24-12)5-26-14(20)3-16(22)28-9-29-17(23)4-15(21)27-6-11(19)2-13-8-25-13/h10-13,18-19H,1-9H2. The summed E-state index contributed by atoms with van der Waals surface area (Å²) >= 11 is 0. The van der Waals surface area contributed by atoms with E-state index in [1.807, 2.05) is 0 Å². The lowest BCUT2D eigenvalue weighted by atomic mass is 10.2. The predicted molar refractivity (Wildman–Crippen MR) is 88.9 cm³/mol. The van der Waals surface area contributed by atoms with Crippen LogP contribution in [0.4, 0.5) is 0 Å². The fraction of sp³-hybridized carbons (Fsp3) is 0.765.